The third-order valence-corrected chi connectivity index (χ3v) is 3.37. The van der Waals surface area contributed by atoms with Gasteiger partial charge in [-0.3, -0.25) is 9.59 Å². The van der Waals surface area contributed by atoms with Crippen molar-refractivity contribution in [2.24, 2.45) is 11.8 Å². The topological polar surface area (TPSA) is 75.6 Å². The van der Waals surface area contributed by atoms with Crippen molar-refractivity contribution in [1.82, 2.24) is 5.32 Å². The zero-order chi connectivity index (χ0) is 15.6. The average molecular weight is 320 g/mol. The van der Waals surface area contributed by atoms with E-state index in [4.69, 9.17) is 16.7 Å². The van der Waals surface area contributed by atoms with Crippen molar-refractivity contribution >= 4 is 23.5 Å². The lowest BCUT2D eigenvalue weighted by Crippen LogP contribution is -2.26. The molecular weight excluding hydrogens is 308 g/mol. The molecule has 21 heavy (non-hydrogen) atoms. The van der Waals surface area contributed by atoms with Crippen molar-refractivity contribution in [1.29, 1.82) is 0 Å². The Hall–Kier alpha value is -1.89. The quantitative estimate of drug-likeness (QED) is 0.843. The number of carbonyl (C=O) groups is 2. The number of carboxylic acids is 1. The van der Waals surface area contributed by atoms with Gasteiger partial charge in [0.2, 0.25) is 5.91 Å². The number of halogens is 3. The first-order valence-corrected chi connectivity index (χ1v) is 6.50. The van der Waals surface area contributed by atoms with Crippen molar-refractivity contribution in [3.05, 3.63) is 28.8 Å². The molecule has 1 fully saturated rings. The molecule has 0 radical (unpaired) electrons. The standard InChI is InChI=1S/C13H12ClF2NO4/c14-7-1-2-10(21-13(15)16)6(3-7)5-17-11(18)8-4-9(8)12(19)20/h1-3,8-9,13H,4-5H2,(H,17,18)(H,19,20). The molecule has 1 aliphatic rings. The summed E-state index contributed by atoms with van der Waals surface area (Å²) in [6, 6.07) is 4.08. The highest BCUT2D eigenvalue weighted by atomic mass is 35.5. The fourth-order valence-corrected chi connectivity index (χ4v) is 2.16. The van der Waals surface area contributed by atoms with E-state index in [0.717, 1.165) is 0 Å². The van der Waals surface area contributed by atoms with Crippen LogP contribution in [0.2, 0.25) is 5.02 Å². The van der Waals surface area contributed by atoms with E-state index in [1.54, 1.807) is 0 Å². The summed E-state index contributed by atoms with van der Waals surface area (Å²) in [6.45, 7) is -3.05. The Morgan fingerprint density at radius 2 is 2.14 bits per heavy atom. The number of carbonyl (C=O) groups excluding carboxylic acids is 1. The van der Waals surface area contributed by atoms with Gasteiger partial charge in [-0.25, -0.2) is 0 Å². The van der Waals surface area contributed by atoms with Crippen LogP contribution < -0.4 is 10.1 Å². The SMILES string of the molecule is O=C(O)C1CC1C(=O)NCc1cc(Cl)ccc1OC(F)F. The van der Waals surface area contributed by atoms with Crippen LogP contribution in [-0.2, 0) is 16.1 Å². The molecule has 1 aliphatic carbocycles. The summed E-state index contributed by atoms with van der Waals surface area (Å²) >= 11 is 5.77. The van der Waals surface area contributed by atoms with Crippen molar-refractivity contribution in [2.75, 3.05) is 0 Å². The third-order valence-electron chi connectivity index (χ3n) is 3.14. The van der Waals surface area contributed by atoms with Gasteiger partial charge in [-0.2, -0.15) is 8.78 Å². The average Bonchev–Trinajstić information content (AvgIpc) is 3.18. The fourth-order valence-electron chi connectivity index (χ4n) is 1.97. The van der Waals surface area contributed by atoms with E-state index < -0.39 is 30.3 Å². The summed E-state index contributed by atoms with van der Waals surface area (Å²) < 4.78 is 28.9. The minimum absolute atomic E-state index is 0.0652. The van der Waals surface area contributed by atoms with Crippen molar-refractivity contribution in [2.45, 2.75) is 19.6 Å². The predicted octanol–water partition coefficient (Wildman–Crippen LogP) is 2.28. The highest BCUT2D eigenvalue weighted by Crippen LogP contribution is 2.38. The number of hydrogen-bond acceptors (Lipinski definition) is 3. The normalized spacial score (nSPS) is 20.2. The summed E-state index contributed by atoms with van der Waals surface area (Å²) in [7, 11) is 0. The van der Waals surface area contributed by atoms with E-state index in [-0.39, 0.29) is 18.7 Å². The molecule has 1 saturated carbocycles. The third kappa shape index (κ3) is 4.04. The van der Waals surface area contributed by atoms with Gasteiger partial charge >= 0.3 is 12.6 Å². The lowest BCUT2D eigenvalue weighted by Gasteiger charge is -2.12. The molecule has 0 saturated heterocycles. The van der Waals surface area contributed by atoms with Gasteiger partial charge in [0.05, 0.1) is 11.8 Å². The summed E-state index contributed by atoms with van der Waals surface area (Å²) in [5, 5.41) is 11.6. The number of nitrogens with one attached hydrogen (secondary N) is 1. The van der Waals surface area contributed by atoms with Gasteiger partial charge in [-0.05, 0) is 24.6 Å². The molecule has 5 nitrogen and oxygen atoms in total. The highest BCUT2D eigenvalue weighted by Gasteiger charge is 2.48. The zero-order valence-corrected chi connectivity index (χ0v) is 11.4. The molecule has 0 aromatic heterocycles. The molecule has 2 N–H and O–H groups in total. The number of alkyl halides is 2. The number of carboxylic acid groups (broad SMARTS) is 1. The molecule has 0 spiro atoms. The molecule has 1 amide bonds. The Morgan fingerprint density at radius 1 is 1.43 bits per heavy atom. The van der Waals surface area contributed by atoms with Crippen molar-refractivity contribution < 1.29 is 28.2 Å². The van der Waals surface area contributed by atoms with E-state index in [1.807, 2.05) is 0 Å². The Labute approximate surface area is 123 Å². The van der Waals surface area contributed by atoms with E-state index in [9.17, 15) is 18.4 Å². The second kappa shape index (κ2) is 6.26. The lowest BCUT2D eigenvalue weighted by atomic mass is 10.2. The first-order valence-electron chi connectivity index (χ1n) is 6.12. The monoisotopic (exact) mass is 319 g/mol. The fraction of sp³-hybridized carbons (Fsp3) is 0.385. The van der Waals surface area contributed by atoms with Crippen LogP contribution >= 0.6 is 11.6 Å². The molecule has 2 unspecified atom stereocenters. The molecular formula is C13H12ClF2NO4. The van der Waals surface area contributed by atoms with Crippen LogP contribution in [0.3, 0.4) is 0 Å². The van der Waals surface area contributed by atoms with Gasteiger partial charge in [-0.1, -0.05) is 11.6 Å². The molecule has 2 rings (SSSR count). The van der Waals surface area contributed by atoms with Crippen molar-refractivity contribution in [3.63, 3.8) is 0 Å². The van der Waals surface area contributed by atoms with Gasteiger partial charge in [0.25, 0.3) is 0 Å². The van der Waals surface area contributed by atoms with Gasteiger partial charge in [0, 0.05) is 17.1 Å². The van der Waals surface area contributed by atoms with Crippen LogP contribution in [0.1, 0.15) is 12.0 Å². The summed E-state index contributed by atoms with van der Waals surface area (Å²) in [5.41, 5.74) is 0.295. The Kier molecular flexibility index (Phi) is 4.62. The zero-order valence-electron chi connectivity index (χ0n) is 10.7. The van der Waals surface area contributed by atoms with Crippen LogP contribution in [0.25, 0.3) is 0 Å². The van der Waals surface area contributed by atoms with Gasteiger partial charge in [0.15, 0.2) is 0 Å². The first kappa shape index (κ1) is 15.5. The number of amides is 1. The van der Waals surface area contributed by atoms with E-state index in [2.05, 4.69) is 10.1 Å². The van der Waals surface area contributed by atoms with Crippen LogP contribution in [-0.4, -0.2) is 23.6 Å². The maximum absolute atomic E-state index is 12.3. The molecule has 1 aromatic carbocycles. The number of rotatable bonds is 6. The van der Waals surface area contributed by atoms with Crippen LogP contribution in [0.5, 0.6) is 5.75 Å². The van der Waals surface area contributed by atoms with E-state index in [1.165, 1.54) is 18.2 Å². The van der Waals surface area contributed by atoms with Gasteiger partial charge in [-0.15, -0.1) is 0 Å². The number of ether oxygens (including phenoxy) is 1. The van der Waals surface area contributed by atoms with Gasteiger partial charge in [0.1, 0.15) is 5.75 Å². The molecule has 0 heterocycles. The summed E-state index contributed by atoms with van der Waals surface area (Å²) in [5.74, 6) is -2.76. The highest BCUT2D eigenvalue weighted by molar-refractivity contribution is 6.30. The molecule has 1 aromatic rings. The maximum atomic E-state index is 12.3. The first-order chi connectivity index (χ1) is 9.88. The molecule has 2 atom stereocenters. The number of aliphatic carboxylic acids is 1. The predicted molar refractivity (Wildman–Crippen MR) is 69.2 cm³/mol. The largest absolute Gasteiger partial charge is 0.481 e. The van der Waals surface area contributed by atoms with Gasteiger partial charge < -0.3 is 15.2 Å². The van der Waals surface area contributed by atoms with E-state index >= 15 is 0 Å². The second-order valence-corrected chi connectivity index (χ2v) is 5.07. The minimum Gasteiger partial charge on any atom is -0.481 e. The molecule has 0 aliphatic heterocycles. The summed E-state index contributed by atoms with van der Waals surface area (Å²) in [6.07, 6.45) is 0.289. The smallest absolute Gasteiger partial charge is 0.387 e. The second-order valence-electron chi connectivity index (χ2n) is 4.64. The molecule has 0 bridgehead atoms. The lowest BCUT2D eigenvalue weighted by molar-refractivity contribution is -0.140. The van der Waals surface area contributed by atoms with E-state index in [0.29, 0.717) is 10.6 Å². The Balaban J connectivity index is 1.98. The Bertz CT molecular complexity index is 567. The molecule has 8 heteroatoms. The van der Waals surface area contributed by atoms with Crippen LogP contribution in [0, 0.1) is 11.8 Å². The maximum Gasteiger partial charge on any atom is 0.387 e. The number of benzene rings is 1. The minimum atomic E-state index is -2.99. The molecule has 114 valence electrons. The van der Waals surface area contributed by atoms with Crippen LogP contribution in [0.15, 0.2) is 18.2 Å². The van der Waals surface area contributed by atoms with Crippen LogP contribution in [0.4, 0.5) is 8.78 Å². The van der Waals surface area contributed by atoms with Crippen molar-refractivity contribution in [3.8, 4) is 5.75 Å². The summed E-state index contributed by atoms with van der Waals surface area (Å²) in [4.78, 5) is 22.4. The Morgan fingerprint density at radius 3 is 2.71 bits per heavy atom. The number of hydrogen-bond donors (Lipinski definition) is 2.